The van der Waals surface area contributed by atoms with Gasteiger partial charge in [-0.3, -0.25) is 19.7 Å². The van der Waals surface area contributed by atoms with E-state index in [1.807, 2.05) is 0 Å². The van der Waals surface area contributed by atoms with Crippen molar-refractivity contribution in [3.8, 4) is 0 Å². The molecule has 1 heterocycles. The lowest BCUT2D eigenvalue weighted by molar-refractivity contribution is -0.385. The van der Waals surface area contributed by atoms with E-state index in [0.29, 0.717) is 47.4 Å². The molecule has 0 saturated carbocycles. The SMILES string of the molecule is O=C(/C=C/c1ccccc1[N+](=O)[O-])N1CCN(C(=O)c2cc(Cl)cc(Cl)c2)CC1. The number of carbonyl (C=O) groups excluding carboxylic acids is 2. The van der Waals surface area contributed by atoms with Crippen LogP contribution >= 0.6 is 23.2 Å². The average Bonchev–Trinajstić information content (AvgIpc) is 2.71. The Morgan fingerprint density at radius 3 is 2.17 bits per heavy atom. The van der Waals surface area contributed by atoms with Crippen LogP contribution in [0.3, 0.4) is 0 Å². The highest BCUT2D eigenvalue weighted by molar-refractivity contribution is 6.35. The first-order valence-corrected chi connectivity index (χ1v) is 9.56. The van der Waals surface area contributed by atoms with Crippen LogP contribution in [0.5, 0.6) is 0 Å². The fourth-order valence-corrected chi connectivity index (χ4v) is 3.58. The van der Waals surface area contributed by atoms with E-state index in [0.717, 1.165) is 0 Å². The standard InChI is InChI=1S/C20H17Cl2N3O4/c21-16-11-15(12-17(22)13-16)20(27)24-9-7-23(8-10-24)19(26)6-5-14-3-1-2-4-18(14)25(28)29/h1-6,11-13H,7-10H2/b6-5+. The van der Waals surface area contributed by atoms with Crippen LogP contribution in [0.1, 0.15) is 15.9 Å². The summed E-state index contributed by atoms with van der Waals surface area (Å²) in [7, 11) is 0. The second-order valence-electron chi connectivity index (χ2n) is 6.42. The van der Waals surface area contributed by atoms with E-state index in [9.17, 15) is 19.7 Å². The fourth-order valence-electron chi connectivity index (χ4n) is 3.05. The van der Waals surface area contributed by atoms with Crippen LogP contribution in [0.4, 0.5) is 5.69 Å². The highest BCUT2D eigenvalue weighted by Crippen LogP contribution is 2.21. The molecule has 9 heteroatoms. The van der Waals surface area contributed by atoms with Crippen LogP contribution in [0, 0.1) is 10.1 Å². The van der Waals surface area contributed by atoms with Crippen LogP contribution in [-0.4, -0.2) is 52.7 Å². The first kappa shape index (κ1) is 20.8. The molecule has 2 amide bonds. The predicted octanol–water partition coefficient (Wildman–Crippen LogP) is 3.90. The molecule has 1 saturated heterocycles. The summed E-state index contributed by atoms with van der Waals surface area (Å²) in [6, 6.07) is 10.9. The van der Waals surface area contributed by atoms with Crippen LogP contribution in [-0.2, 0) is 4.79 Å². The molecule has 0 bridgehead atoms. The molecule has 1 fully saturated rings. The molecule has 3 rings (SSSR count). The Morgan fingerprint density at radius 2 is 1.55 bits per heavy atom. The third-order valence-corrected chi connectivity index (χ3v) is 4.96. The van der Waals surface area contributed by atoms with Gasteiger partial charge in [-0.15, -0.1) is 0 Å². The Morgan fingerprint density at radius 1 is 0.966 bits per heavy atom. The number of nitro benzene ring substituents is 1. The van der Waals surface area contributed by atoms with E-state index in [1.165, 1.54) is 18.2 Å². The Balaban J connectivity index is 1.61. The number of hydrogen-bond donors (Lipinski definition) is 0. The number of amides is 2. The molecule has 0 aliphatic carbocycles. The molecule has 2 aromatic carbocycles. The molecular formula is C20H17Cl2N3O4. The molecule has 0 spiro atoms. The summed E-state index contributed by atoms with van der Waals surface area (Å²) in [5, 5.41) is 11.8. The van der Waals surface area contributed by atoms with Gasteiger partial charge in [-0.2, -0.15) is 0 Å². The molecule has 1 aliphatic heterocycles. The summed E-state index contributed by atoms with van der Waals surface area (Å²) >= 11 is 11.9. The number of halogens is 2. The van der Waals surface area contributed by atoms with Gasteiger partial charge >= 0.3 is 0 Å². The predicted molar refractivity (Wildman–Crippen MR) is 111 cm³/mol. The van der Waals surface area contributed by atoms with Crippen molar-refractivity contribution in [1.82, 2.24) is 9.80 Å². The van der Waals surface area contributed by atoms with Gasteiger partial charge in [-0.05, 0) is 30.3 Å². The molecule has 0 atom stereocenters. The minimum absolute atomic E-state index is 0.0628. The van der Waals surface area contributed by atoms with Crippen LogP contribution in [0.2, 0.25) is 10.0 Å². The summed E-state index contributed by atoms with van der Waals surface area (Å²) in [6.07, 6.45) is 2.75. The third-order valence-electron chi connectivity index (χ3n) is 4.53. The van der Waals surface area contributed by atoms with Crippen molar-refractivity contribution in [2.24, 2.45) is 0 Å². The maximum absolute atomic E-state index is 12.6. The number of rotatable bonds is 4. The van der Waals surface area contributed by atoms with Gasteiger partial charge in [0.1, 0.15) is 0 Å². The van der Waals surface area contributed by atoms with Gasteiger partial charge in [-0.1, -0.05) is 35.3 Å². The zero-order valence-electron chi connectivity index (χ0n) is 15.3. The zero-order chi connectivity index (χ0) is 21.0. The van der Waals surface area contributed by atoms with E-state index < -0.39 is 4.92 Å². The smallest absolute Gasteiger partial charge is 0.276 e. The topological polar surface area (TPSA) is 83.8 Å². The summed E-state index contributed by atoms with van der Waals surface area (Å²) in [5.41, 5.74) is 0.697. The molecule has 1 aliphatic rings. The Kier molecular flexibility index (Phi) is 6.51. The van der Waals surface area contributed by atoms with Crippen molar-refractivity contribution in [3.63, 3.8) is 0 Å². The van der Waals surface area contributed by atoms with E-state index in [2.05, 4.69) is 0 Å². The Labute approximate surface area is 177 Å². The zero-order valence-corrected chi connectivity index (χ0v) is 16.8. The first-order chi connectivity index (χ1) is 13.8. The van der Waals surface area contributed by atoms with Gasteiger partial charge in [0.2, 0.25) is 5.91 Å². The van der Waals surface area contributed by atoms with Crippen LogP contribution in [0.25, 0.3) is 6.08 Å². The molecule has 0 aromatic heterocycles. The van der Waals surface area contributed by atoms with E-state index >= 15 is 0 Å². The highest BCUT2D eigenvalue weighted by atomic mass is 35.5. The molecule has 150 valence electrons. The second-order valence-corrected chi connectivity index (χ2v) is 7.30. The van der Waals surface area contributed by atoms with Crippen molar-refractivity contribution < 1.29 is 14.5 Å². The quantitative estimate of drug-likeness (QED) is 0.415. The number of hydrogen-bond acceptors (Lipinski definition) is 4. The summed E-state index contributed by atoms with van der Waals surface area (Å²) in [5.74, 6) is -0.460. The van der Waals surface area contributed by atoms with Crippen LogP contribution < -0.4 is 0 Å². The van der Waals surface area contributed by atoms with E-state index in [-0.39, 0.29) is 17.5 Å². The molecule has 0 radical (unpaired) electrons. The summed E-state index contributed by atoms with van der Waals surface area (Å²) in [4.78, 5) is 38.8. The van der Waals surface area contributed by atoms with Crippen LogP contribution in [0.15, 0.2) is 48.5 Å². The van der Waals surface area contributed by atoms with Crippen molar-refractivity contribution in [2.45, 2.75) is 0 Å². The number of para-hydroxylation sites is 1. The fraction of sp³-hybridized carbons (Fsp3) is 0.200. The minimum Gasteiger partial charge on any atom is -0.336 e. The number of nitro groups is 1. The Hall–Kier alpha value is -2.90. The van der Waals surface area contributed by atoms with Crippen molar-refractivity contribution in [2.75, 3.05) is 26.2 Å². The van der Waals surface area contributed by atoms with Gasteiger partial charge in [0.15, 0.2) is 0 Å². The normalized spacial score (nSPS) is 14.3. The van der Waals surface area contributed by atoms with Gasteiger partial charge in [0.05, 0.1) is 10.5 Å². The molecule has 7 nitrogen and oxygen atoms in total. The number of carbonyl (C=O) groups is 2. The number of benzene rings is 2. The monoisotopic (exact) mass is 433 g/mol. The van der Waals surface area contributed by atoms with Gasteiger partial charge in [-0.25, -0.2) is 0 Å². The van der Waals surface area contributed by atoms with Crippen molar-refractivity contribution in [3.05, 3.63) is 79.8 Å². The Bertz CT molecular complexity index is 965. The highest BCUT2D eigenvalue weighted by Gasteiger charge is 2.24. The van der Waals surface area contributed by atoms with E-state index in [1.54, 1.807) is 46.2 Å². The van der Waals surface area contributed by atoms with Crippen molar-refractivity contribution >= 4 is 46.8 Å². The summed E-state index contributed by atoms with van der Waals surface area (Å²) in [6.45, 7) is 1.46. The van der Waals surface area contributed by atoms with Gasteiger partial charge < -0.3 is 9.80 Å². The lowest BCUT2D eigenvalue weighted by Gasteiger charge is -2.34. The molecule has 0 N–H and O–H groups in total. The molecular weight excluding hydrogens is 417 g/mol. The van der Waals surface area contributed by atoms with E-state index in [4.69, 9.17) is 23.2 Å². The van der Waals surface area contributed by atoms with Gasteiger partial charge in [0.25, 0.3) is 11.6 Å². The first-order valence-electron chi connectivity index (χ1n) is 8.81. The minimum atomic E-state index is -0.489. The van der Waals surface area contributed by atoms with Crippen molar-refractivity contribution in [1.29, 1.82) is 0 Å². The third kappa shape index (κ3) is 5.13. The maximum Gasteiger partial charge on any atom is 0.276 e. The molecule has 29 heavy (non-hydrogen) atoms. The lowest BCUT2D eigenvalue weighted by atomic mass is 10.1. The number of piperazine rings is 1. The summed E-state index contributed by atoms with van der Waals surface area (Å²) < 4.78 is 0. The second kappa shape index (κ2) is 9.07. The largest absolute Gasteiger partial charge is 0.336 e. The van der Waals surface area contributed by atoms with Gasteiger partial charge in [0, 0.05) is 53.9 Å². The number of nitrogens with zero attached hydrogens (tertiary/aromatic N) is 3. The lowest BCUT2D eigenvalue weighted by Crippen LogP contribution is -2.50. The molecule has 2 aromatic rings. The maximum atomic E-state index is 12.6. The molecule has 0 unspecified atom stereocenters. The average molecular weight is 434 g/mol.